The summed E-state index contributed by atoms with van der Waals surface area (Å²) in [5.41, 5.74) is 1.38. The van der Waals surface area contributed by atoms with E-state index in [4.69, 9.17) is 4.74 Å². The second-order valence-electron chi connectivity index (χ2n) is 5.40. The van der Waals surface area contributed by atoms with Crippen molar-refractivity contribution in [3.63, 3.8) is 0 Å². The Hall–Kier alpha value is -1.28. The van der Waals surface area contributed by atoms with Crippen LogP contribution >= 0.6 is 0 Å². The highest BCUT2D eigenvalue weighted by atomic mass is 16.5. The molecule has 0 bridgehead atoms. The van der Waals surface area contributed by atoms with E-state index >= 15 is 0 Å². The Morgan fingerprint density at radius 3 is 2.83 bits per heavy atom. The van der Waals surface area contributed by atoms with Gasteiger partial charge in [-0.3, -0.25) is 0 Å². The predicted octanol–water partition coefficient (Wildman–Crippen LogP) is 2.79. The van der Waals surface area contributed by atoms with Crippen LogP contribution in [0.15, 0.2) is 36.4 Å². The lowest BCUT2D eigenvalue weighted by Crippen LogP contribution is -2.48. The molecule has 0 aliphatic heterocycles. The molecule has 0 aromatic heterocycles. The predicted molar refractivity (Wildman–Crippen MR) is 73.8 cm³/mol. The van der Waals surface area contributed by atoms with Crippen LogP contribution in [0.25, 0.3) is 0 Å². The molecular weight excluding hydrogens is 222 g/mol. The minimum Gasteiger partial charge on any atom is -0.497 e. The topological polar surface area (TPSA) is 21.3 Å². The Bertz CT molecular complexity index is 423. The fraction of sp³-hybridized carbons (Fsp3) is 0.500. The van der Waals surface area contributed by atoms with Gasteiger partial charge in [-0.25, -0.2) is 0 Å². The van der Waals surface area contributed by atoms with Gasteiger partial charge in [-0.2, -0.15) is 0 Å². The van der Waals surface area contributed by atoms with Gasteiger partial charge in [0.15, 0.2) is 0 Å². The van der Waals surface area contributed by atoms with E-state index < -0.39 is 0 Å². The molecule has 96 valence electrons. The standard InChI is InChI=1S/C16H21NO/c1-18-14-7-5-12(6-8-14)9-10-17-16-11-13-3-2-4-15(13)16/h2,4-8,13,15-17H,3,9-11H2,1H3. The highest BCUT2D eigenvalue weighted by molar-refractivity contribution is 5.27. The minimum atomic E-state index is 0.729. The first-order valence-electron chi connectivity index (χ1n) is 6.90. The average molecular weight is 243 g/mol. The Morgan fingerprint density at radius 2 is 2.11 bits per heavy atom. The number of ether oxygens (including phenoxy) is 1. The molecule has 18 heavy (non-hydrogen) atoms. The number of methoxy groups -OCH3 is 1. The van der Waals surface area contributed by atoms with Crippen molar-refractivity contribution in [2.75, 3.05) is 13.7 Å². The lowest BCUT2D eigenvalue weighted by Gasteiger charge is -2.40. The molecule has 2 aliphatic rings. The molecule has 1 fully saturated rings. The minimum absolute atomic E-state index is 0.729. The van der Waals surface area contributed by atoms with Gasteiger partial charge in [0.25, 0.3) is 0 Å². The molecule has 2 heteroatoms. The molecule has 3 unspecified atom stereocenters. The van der Waals surface area contributed by atoms with Crippen molar-refractivity contribution in [2.24, 2.45) is 11.8 Å². The number of fused-ring (bicyclic) bond motifs is 1. The first-order valence-corrected chi connectivity index (χ1v) is 6.90. The summed E-state index contributed by atoms with van der Waals surface area (Å²) >= 11 is 0. The third-order valence-electron chi connectivity index (χ3n) is 4.34. The Kier molecular flexibility index (Phi) is 3.37. The van der Waals surface area contributed by atoms with Crippen LogP contribution in [0.3, 0.4) is 0 Å². The summed E-state index contributed by atoms with van der Waals surface area (Å²) in [5, 5.41) is 3.69. The highest BCUT2D eigenvalue weighted by Crippen LogP contribution is 2.42. The van der Waals surface area contributed by atoms with Crippen LogP contribution in [0.2, 0.25) is 0 Å². The first kappa shape index (κ1) is 11.8. The molecular formula is C16H21NO. The van der Waals surface area contributed by atoms with Gasteiger partial charge in [0.1, 0.15) is 5.75 Å². The SMILES string of the molecule is COc1ccc(CCNC2CC3CC=CC32)cc1. The molecule has 2 aliphatic carbocycles. The van der Waals surface area contributed by atoms with Crippen molar-refractivity contribution >= 4 is 0 Å². The second-order valence-corrected chi connectivity index (χ2v) is 5.40. The molecule has 0 spiro atoms. The zero-order chi connectivity index (χ0) is 12.4. The highest BCUT2D eigenvalue weighted by Gasteiger charge is 2.40. The van der Waals surface area contributed by atoms with Crippen LogP contribution in [-0.4, -0.2) is 19.7 Å². The summed E-state index contributed by atoms with van der Waals surface area (Å²) in [5.74, 6) is 2.70. The van der Waals surface area contributed by atoms with Crippen LogP contribution in [-0.2, 0) is 6.42 Å². The molecule has 0 heterocycles. The van der Waals surface area contributed by atoms with E-state index in [1.807, 2.05) is 12.1 Å². The molecule has 1 aromatic rings. The molecule has 0 saturated heterocycles. The van der Waals surface area contributed by atoms with Crippen LogP contribution < -0.4 is 10.1 Å². The maximum absolute atomic E-state index is 5.16. The van der Waals surface area contributed by atoms with Crippen molar-refractivity contribution in [1.29, 1.82) is 0 Å². The Morgan fingerprint density at radius 1 is 1.28 bits per heavy atom. The van der Waals surface area contributed by atoms with Crippen molar-refractivity contribution < 1.29 is 4.74 Å². The van der Waals surface area contributed by atoms with Gasteiger partial charge in [-0.15, -0.1) is 0 Å². The van der Waals surface area contributed by atoms with E-state index in [1.54, 1.807) is 7.11 Å². The molecule has 2 nitrogen and oxygen atoms in total. The number of hydrogen-bond donors (Lipinski definition) is 1. The second kappa shape index (κ2) is 5.15. The van der Waals surface area contributed by atoms with E-state index in [0.29, 0.717) is 0 Å². The number of benzene rings is 1. The van der Waals surface area contributed by atoms with E-state index in [9.17, 15) is 0 Å². The monoisotopic (exact) mass is 243 g/mol. The summed E-state index contributed by atoms with van der Waals surface area (Å²) in [6.07, 6.45) is 8.52. The van der Waals surface area contributed by atoms with Gasteiger partial charge in [-0.1, -0.05) is 24.3 Å². The van der Waals surface area contributed by atoms with Crippen molar-refractivity contribution in [3.05, 3.63) is 42.0 Å². The average Bonchev–Trinajstić information content (AvgIpc) is 2.77. The largest absolute Gasteiger partial charge is 0.497 e. The van der Waals surface area contributed by atoms with Crippen molar-refractivity contribution in [3.8, 4) is 5.75 Å². The fourth-order valence-electron chi connectivity index (χ4n) is 3.14. The van der Waals surface area contributed by atoms with Gasteiger partial charge in [0.2, 0.25) is 0 Å². The van der Waals surface area contributed by atoms with Crippen molar-refractivity contribution in [2.45, 2.75) is 25.3 Å². The maximum atomic E-state index is 5.16. The summed E-state index contributed by atoms with van der Waals surface area (Å²) in [4.78, 5) is 0. The van der Waals surface area contributed by atoms with Crippen LogP contribution in [0.5, 0.6) is 5.75 Å². The third-order valence-corrected chi connectivity index (χ3v) is 4.34. The van der Waals surface area contributed by atoms with Crippen LogP contribution in [0.4, 0.5) is 0 Å². The van der Waals surface area contributed by atoms with E-state index in [-0.39, 0.29) is 0 Å². The maximum Gasteiger partial charge on any atom is 0.118 e. The summed E-state index contributed by atoms with van der Waals surface area (Å²) in [6, 6.07) is 9.11. The molecule has 1 N–H and O–H groups in total. The molecule has 1 aromatic carbocycles. The number of allylic oxidation sites excluding steroid dienone is 1. The molecule has 1 saturated carbocycles. The van der Waals surface area contributed by atoms with E-state index in [0.717, 1.165) is 36.6 Å². The normalized spacial score (nSPS) is 28.8. The van der Waals surface area contributed by atoms with Gasteiger partial charge in [-0.05, 0) is 55.3 Å². The lowest BCUT2D eigenvalue weighted by molar-refractivity contribution is 0.164. The van der Waals surface area contributed by atoms with Gasteiger partial charge < -0.3 is 10.1 Å². The summed E-state index contributed by atoms with van der Waals surface area (Å²) in [7, 11) is 1.71. The number of hydrogen-bond acceptors (Lipinski definition) is 2. The summed E-state index contributed by atoms with van der Waals surface area (Å²) < 4.78 is 5.16. The zero-order valence-corrected chi connectivity index (χ0v) is 10.9. The Balaban J connectivity index is 1.43. The van der Waals surface area contributed by atoms with Crippen molar-refractivity contribution in [1.82, 2.24) is 5.32 Å². The Labute approximate surface area is 109 Å². The smallest absolute Gasteiger partial charge is 0.118 e. The fourth-order valence-corrected chi connectivity index (χ4v) is 3.14. The first-order chi connectivity index (χ1) is 8.86. The third kappa shape index (κ3) is 2.30. The van der Waals surface area contributed by atoms with Gasteiger partial charge >= 0.3 is 0 Å². The molecule has 0 radical (unpaired) electrons. The van der Waals surface area contributed by atoms with Crippen LogP contribution in [0.1, 0.15) is 18.4 Å². The molecule has 3 rings (SSSR count). The van der Waals surface area contributed by atoms with Gasteiger partial charge in [0, 0.05) is 6.04 Å². The summed E-state index contributed by atoms with van der Waals surface area (Å²) in [6.45, 7) is 1.08. The van der Waals surface area contributed by atoms with Gasteiger partial charge in [0.05, 0.1) is 7.11 Å². The molecule has 3 atom stereocenters. The molecule has 0 amide bonds. The zero-order valence-electron chi connectivity index (χ0n) is 10.9. The number of rotatable bonds is 5. The lowest BCUT2D eigenvalue weighted by atomic mass is 9.71. The van der Waals surface area contributed by atoms with E-state index in [2.05, 4.69) is 29.6 Å². The van der Waals surface area contributed by atoms with E-state index in [1.165, 1.54) is 18.4 Å². The van der Waals surface area contributed by atoms with Crippen LogP contribution in [0, 0.1) is 11.8 Å². The quantitative estimate of drug-likeness (QED) is 0.803. The number of nitrogens with one attached hydrogen (secondary N) is 1.